The first-order valence-electron chi connectivity index (χ1n) is 11.7. The molecule has 1 unspecified atom stereocenters. The molecule has 4 N–H and O–H groups in total. The fourth-order valence-corrected chi connectivity index (χ4v) is 4.50. The lowest BCUT2D eigenvalue weighted by molar-refractivity contribution is -0.215. The number of aliphatic hydroxyl groups excluding tert-OH is 1. The third kappa shape index (κ3) is 6.69. The van der Waals surface area contributed by atoms with Crippen molar-refractivity contribution in [3.63, 3.8) is 0 Å². The molecule has 1 aliphatic carbocycles. The van der Waals surface area contributed by atoms with Crippen molar-refractivity contribution >= 4 is 28.1 Å². The third-order valence-corrected chi connectivity index (χ3v) is 6.60. The molecule has 1 fully saturated rings. The molecule has 6 nitrogen and oxygen atoms in total. The Bertz CT molecular complexity index is 1100. The van der Waals surface area contributed by atoms with Crippen LogP contribution in [0.3, 0.4) is 0 Å². The van der Waals surface area contributed by atoms with Crippen LogP contribution in [0.4, 0.5) is 5.69 Å². The maximum Gasteiger partial charge on any atom is 0.0898 e. The predicted octanol–water partition coefficient (Wildman–Crippen LogP) is 5.75. The fourth-order valence-electron chi connectivity index (χ4n) is 4.34. The molecule has 2 atom stereocenters. The van der Waals surface area contributed by atoms with Crippen LogP contribution < -0.4 is 10.8 Å². The molecule has 0 radical (unpaired) electrons. The maximum absolute atomic E-state index is 10.6. The number of fused-ring (bicyclic) bond motifs is 1. The Hall–Kier alpha value is -2.19. The second-order valence-electron chi connectivity index (χ2n) is 9.80. The average Bonchev–Trinajstić information content (AvgIpc) is 3.65. The molecule has 182 valence electrons. The van der Waals surface area contributed by atoms with Gasteiger partial charge in [-0.05, 0) is 73.1 Å². The van der Waals surface area contributed by atoms with Crippen LogP contribution in [-0.4, -0.2) is 35.2 Å². The van der Waals surface area contributed by atoms with Crippen molar-refractivity contribution in [1.82, 2.24) is 5.32 Å². The quantitative estimate of drug-likeness (QED) is 0.193. The number of halogens is 1. The van der Waals surface area contributed by atoms with Gasteiger partial charge in [0.2, 0.25) is 0 Å². The molecule has 7 heteroatoms. The molecular formula is C27H33ClN2O4. The first-order chi connectivity index (χ1) is 16.3. The smallest absolute Gasteiger partial charge is 0.0898 e. The second-order valence-corrected chi connectivity index (χ2v) is 10.2. The van der Waals surface area contributed by atoms with Crippen molar-refractivity contribution in [3.05, 3.63) is 76.8 Å². The van der Waals surface area contributed by atoms with E-state index in [1.54, 1.807) is 12.1 Å². The van der Waals surface area contributed by atoms with Gasteiger partial charge in [-0.1, -0.05) is 60.1 Å². The summed E-state index contributed by atoms with van der Waals surface area (Å²) in [6.07, 6.45) is 2.24. The Morgan fingerprint density at radius 3 is 2.56 bits per heavy atom. The molecule has 0 spiro atoms. The zero-order valence-electron chi connectivity index (χ0n) is 19.6. The Balaban J connectivity index is 1.30. The van der Waals surface area contributed by atoms with E-state index >= 15 is 0 Å². The minimum absolute atomic E-state index is 0.142. The lowest BCUT2D eigenvalue weighted by atomic mass is 9.93. The molecule has 0 heterocycles. The minimum Gasteiger partial charge on any atom is -0.389 e. The Morgan fingerprint density at radius 2 is 1.82 bits per heavy atom. The lowest BCUT2D eigenvalue weighted by Gasteiger charge is -2.29. The van der Waals surface area contributed by atoms with Gasteiger partial charge < -0.3 is 15.2 Å². The van der Waals surface area contributed by atoms with Gasteiger partial charge >= 0.3 is 0 Å². The molecule has 0 saturated heterocycles. The van der Waals surface area contributed by atoms with Gasteiger partial charge in [0.05, 0.1) is 29.5 Å². The molecule has 0 bridgehead atoms. The standard InChI is InChI=1S/C27H33ClN2O4/c1-27(2,15-18-7-8-19-5-3-4-6-21(19)13-18)29-16-23(31)17-33-26(20-9-10-20)22-11-12-24(28)25(14-22)30-34-32/h3-8,11-14,20,23,26,29-32H,9-10,15-17H2,1-2H3/t23-,26?/m1/s1. The SMILES string of the molecule is CC(C)(Cc1ccc2ccccc2c1)NC[C@@H](O)COC(c1ccc(Cl)c(NOO)c1)C1CC1. The fraction of sp³-hybridized carbons (Fsp3) is 0.407. The molecular weight excluding hydrogens is 452 g/mol. The van der Waals surface area contributed by atoms with E-state index in [2.05, 4.69) is 72.1 Å². The average molecular weight is 485 g/mol. The van der Waals surface area contributed by atoms with Crippen molar-refractivity contribution < 1.29 is 20.1 Å². The number of rotatable bonds is 12. The van der Waals surface area contributed by atoms with Crippen LogP contribution in [0.1, 0.15) is 43.9 Å². The summed E-state index contributed by atoms with van der Waals surface area (Å²) in [7, 11) is 0. The number of aliphatic hydroxyl groups is 1. The van der Waals surface area contributed by atoms with Crippen molar-refractivity contribution in [1.29, 1.82) is 0 Å². The summed E-state index contributed by atoms with van der Waals surface area (Å²) in [5.74, 6) is 0.411. The molecule has 1 aliphatic rings. The molecule has 3 aromatic carbocycles. The lowest BCUT2D eigenvalue weighted by Crippen LogP contribution is -2.46. The molecule has 0 aliphatic heterocycles. The zero-order chi connectivity index (χ0) is 24.1. The van der Waals surface area contributed by atoms with Gasteiger partial charge in [0.1, 0.15) is 0 Å². The van der Waals surface area contributed by atoms with E-state index in [9.17, 15) is 5.11 Å². The van der Waals surface area contributed by atoms with Gasteiger partial charge in [-0.3, -0.25) is 0 Å². The van der Waals surface area contributed by atoms with Gasteiger partial charge in [0.25, 0.3) is 0 Å². The first kappa shape index (κ1) is 24.9. The number of benzene rings is 3. The zero-order valence-corrected chi connectivity index (χ0v) is 20.4. The molecule has 0 amide bonds. The van der Waals surface area contributed by atoms with Crippen LogP contribution in [0, 0.1) is 5.92 Å². The van der Waals surface area contributed by atoms with Crippen LogP contribution in [0.15, 0.2) is 60.7 Å². The predicted molar refractivity (Wildman–Crippen MR) is 136 cm³/mol. The second kappa shape index (κ2) is 11.0. The molecule has 34 heavy (non-hydrogen) atoms. The number of β-amino-alcohol motifs (C(OH)–C–C–N with tert-alkyl or cyclic N) is 1. The number of nitrogens with one attached hydrogen (secondary N) is 2. The summed E-state index contributed by atoms with van der Waals surface area (Å²) in [5, 5.41) is 25.7. The topological polar surface area (TPSA) is 83.0 Å². The van der Waals surface area contributed by atoms with E-state index in [4.69, 9.17) is 21.6 Å². The molecule has 0 aromatic heterocycles. The van der Waals surface area contributed by atoms with E-state index in [1.165, 1.54) is 16.3 Å². The van der Waals surface area contributed by atoms with Gasteiger partial charge in [-0.2, -0.15) is 0 Å². The van der Waals surface area contributed by atoms with Crippen molar-refractivity contribution in [2.24, 2.45) is 5.92 Å². The summed E-state index contributed by atoms with van der Waals surface area (Å²) in [4.78, 5) is 4.02. The van der Waals surface area contributed by atoms with Crippen LogP contribution in [-0.2, 0) is 16.1 Å². The van der Waals surface area contributed by atoms with E-state index in [-0.39, 0.29) is 18.2 Å². The maximum atomic E-state index is 10.6. The van der Waals surface area contributed by atoms with E-state index in [1.807, 2.05) is 6.07 Å². The van der Waals surface area contributed by atoms with Crippen LogP contribution in [0.2, 0.25) is 5.02 Å². The molecule has 3 aromatic rings. The minimum atomic E-state index is -0.636. The van der Waals surface area contributed by atoms with Crippen molar-refractivity contribution in [2.75, 3.05) is 18.6 Å². The highest BCUT2D eigenvalue weighted by molar-refractivity contribution is 6.33. The monoisotopic (exact) mass is 484 g/mol. The number of anilines is 1. The number of ether oxygens (including phenoxy) is 1. The number of hydrogen-bond donors (Lipinski definition) is 4. The summed E-state index contributed by atoms with van der Waals surface area (Å²) in [6.45, 7) is 4.95. The summed E-state index contributed by atoms with van der Waals surface area (Å²) >= 11 is 6.13. The van der Waals surface area contributed by atoms with E-state index in [0.29, 0.717) is 23.2 Å². The molecule has 1 saturated carbocycles. The van der Waals surface area contributed by atoms with Gasteiger partial charge in [-0.15, -0.1) is 4.99 Å². The first-order valence-corrected chi connectivity index (χ1v) is 12.1. The Morgan fingerprint density at radius 1 is 1.06 bits per heavy atom. The normalized spacial score (nSPS) is 15.9. The summed E-state index contributed by atoms with van der Waals surface area (Å²) in [6, 6.07) is 20.4. The van der Waals surface area contributed by atoms with Crippen LogP contribution in [0.25, 0.3) is 10.8 Å². The highest BCUT2D eigenvalue weighted by atomic mass is 35.5. The van der Waals surface area contributed by atoms with Gasteiger partial charge in [0.15, 0.2) is 0 Å². The molecule has 4 rings (SSSR count). The van der Waals surface area contributed by atoms with Gasteiger partial charge in [0, 0.05) is 12.1 Å². The van der Waals surface area contributed by atoms with Crippen molar-refractivity contribution in [2.45, 2.75) is 50.9 Å². The largest absolute Gasteiger partial charge is 0.389 e. The van der Waals surface area contributed by atoms with Gasteiger partial charge in [-0.25, -0.2) is 10.7 Å². The Kier molecular flexibility index (Phi) is 8.09. The number of hydrogen-bond acceptors (Lipinski definition) is 6. The summed E-state index contributed by atoms with van der Waals surface area (Å²) < 4.78 is 6.15. The highest BCUT2D eigenvalue weighted by Crippen LogP contribution is 2.44. The van der Waals surface area contributed by atoms with Crippen LogP contribution in [0.5, 0.6) is 0 Å². The highest BCUT2D eigenvalue weighted by Gasteiger charge is 2.34. The van der Waals surface area contributed by atoms with Crippen LogP contribution >= 0.6 is 11.6 Å². The van der Waals surface area contributed by atoms with Crippen molar-refractivity contribution in [3.8, 4) is 0 Å². The third-order valence-electron chi connectivity index (χ3n) is 6.27. The van der Waals surface area contributed by atoms with E-state index < -0.39 is 6.10 Å². The van der Waals surface area contributed by atoms with E-state index in [0.717, 1.165) is 24.8 Å². The Labute approximate surface area is 205 Å². The summed E-state index contributed by atoms with van der Waals surface area (Å²) in [5.41, 5.74) is 4.85.